The van der Waals surface area contributed by atoms with Gasteiger partial charge >= 0.3 is 17.9 Å². The highest BCUT2D eigenvalue weighted by molar-refractivity contribution is 7.98. The summed E-state index contributed by atoms with van der Waals surface area (Å²) in [4.78, 5) is 48.1. The normalized spacial score (nSPS) is 15.2. The molecule has 0 aliphatic heterocycles. The van der Waals surface area contributed by atoms with Gasteiger partial charge in [0.05, 0.1) is 12.3 Å². The summed E-state index contributed by atoms with van der Waals surface area (Å²) in [6.45, 7) is 9.74. The summed E-state index contributed by atoms with van der Waals surface area (Å²) in [6, 6.07) is 0. The van der Waals surface area contributed by atoms with Crippen LogP contribution in [0.2, 0.25) is 0 Å². The van der Waals surface area contributed by atoms with Gasteiger partial charge in [0.2, 0.25) is 0 Å². The van der Waals surface area contributed by atoms with Gasteiger partial charge in [-0.25, -0.2) is 4.79 Å². The van der Waals surface area contributed by atoms with Crippen LogP contribution in [-0.4, -0.2) is 47.6 Å². The molecule has 0 aromatic heterocycles. The van der Waals surface area contributed by atoms with Crippen molar-refractivity contribution < 1.29 is 33.4 Å². The molecular formula is C20H32O7S. The molecule has 0 spiro atoms. The fourth-order valence-electron chi connectivity index (χ4n) is 2.20. The molecule has 0 aliphatic rings. The van der Waals surface area contributed by atoms with Gasteiger partial charge in [0.15, 0.2) is 11.9 Å². The zero-order chi connectivity index (χ0) is 22.0. The van der Waals surface area contributed by atoms with E-state index in [-0.39, 0.29) is 18.8 Å². The molecule has 0 rings (SSSR count). The fraction of sp³-hybridized carbons (Fsp3) is 0.700. The van der Waals surface area contributed by atoms with E-state index in [1.807, 2.05) is 6.26 Å². The van der Waals surface area contributed by atoms with Gasteiger partial charge in [0, 0.05) is 24.2 Å². The second-order valence-corrected chi connectivity index (χ2v) is 7.75. The van der Waals surface area contributed by atoms with Gasteiger partial charge in [0.1, 0.15) is 0 Å². The van der Waals surface area contributed by atoms with Crippen molar-refractivity contribution in [3.63, 3.8) is 0 Å². The Morgan fingerprint density at radius 2 is 1.68 bits per heavy atom. The Hall–Kier alpha value is -1.83. The van der Waals surface area contributed by atoms with E-state index in [9.17, 15) is 19.2 Å². The predicted molar refractivity (Wildman–Crippen MR) is 108 cm³/mol. The van der Waals surface area contributed by atoms with Gasteiger partial charge < -0.3 is 14.2 Å². The highest BCUT2D eigenvalue weighted by atomic mass is 32.2. The van der Waals surface area contributed by atoms with Crippen LogP contribution in [0, 0.1) is 5.92 Å². The Labute approximate surface area is 171 Å². The molecule has 0 N–H and O–H groups in total. The first-order chi connectivity index (χ1) is 13.0. The van der Waals surface area contributed by atoms with Crippen LogP contribution in [0.5, 0.6) is 0 Å². The van der Waals surface area contributed by atoms with Crippen molar-refractivity contribution in [2.45, 2.75) is 72.2 Å². The maximum atomic E-state index is 12.5. The number of esters is 3. The molecule has 0 heterocycles. The van der Waals surface area contributed by atoms with Gasteiger partial charge in [0.25, 0.3) is 5.79 Å². The van der Waals surface area contributed by atoms with Crippen molar-refractivity contribution >= 4 is 36.0 Å². The Bertz CT molecular complexity index is 595. The summed E-state index contributed by atoms with van der Waals surface area (Å²) in [5.74, 6) is -3.14. The molecule has 0 bridgehead atoms. The molecule has 0 aliphatic carbocycles. The predicted octanol–water partition coefficient (Wildman–Crippen LogP) is 3.45. The van der Waals surface area contributed by atoms with E-state index in [2.05, 4.69) is 0 Å². The van der Waals surface area contributed by atoms with E-state index in [0.717, 1.165) is 0 Å². The van der Waals surface area contributed by atoms with Gasteiger partial charge in [-0.2, -0.15) is 11.8 Å². The maximum Gasteiger partial charge on any atom is 0.334 e. The zero-order valence-corrected chi connectivity index (χ0v) is 18.6. The topological polar surface area (TPSA) is 96.0 Å². The number of carbonyl (C=O) groups excluding carboxylic acids is 4. The zero-order valence-electron chi connectivity index (χ0n) is 17.8. The molecule has 7 nitrogen and oxygen atoms in total. The summed E-state index contributed by atoms with van der Waals surface area (Å²) < 4.78 is 16.1. The number of ether oxygens (including phenoxy) is 3. The van der Waals surface area contributed by atoms with Crippen molar-refractivity contribution in [3.8, 4) is 0 Å². The lowest BCUT2D eigenvalue weighted by Gasteiger charge is -2.33. The first-order valence-electron chi connectivity index (χ1n) is 9.28. The van der Waals surface area contributed by atoms with Crippen molar-refractivity contribution in [1.82, 2.24) is 0 Å². The van der Waals surface area contributed by atoms with E-state index in [1.54, 1.807) is 40.7 Å². The third kappa shape index (κ3) is 8.04. The van der Waals surface area contributed by atoms with E-state index in [0.29, 0.717) is 17.6 Å². The molecule has 0 saturated carbocycles. The van der Waals surface area contributed by atoms with Crippen LogP contribution in [0.25, 0.3) is 0 Å². The summed E-state index contributed by atoms with van der Waals surface area (Å²) in [7, 11) is 0. The Kier molecular flexibility index (Phi) is 11.1. The van der Waals surface area contributed by atoms with E-state index in [4.69, 9.17) is 14.2 Å². The third-order valence-electron chi connectivity index (χ3n) is 4.31. The van der Waals surface area contributed by atoms with Crippen LogP contribution < -0.4 is 0 Å². The molecular weight excluding hydrogens is 384 g/mol. The summed E-state index contributed by atoms with van der Waals surface area (Å²) in [6.07, 6.45) is 3.83. The molecule has 0 fully saturated rings. The van der Waals surface area contributed by atoms with E-state index in [1.165, 1.54) is 18.7 Å². The van der Waals surface area contributed by atoms with Crippen molar-refractivity contribution in [3.05, 3.63) is 11.6 Å². The van der Waals surface area contributed by atoms with E-state index < -0.39 is 35.7 Å². The quantitative estimate of drug-likeness (QED) is 0.207. The molecule has 8 heteroatoms. The molecule has 0 saturated heterocycles. The Balaban J connectivity index is 5.24. The monoisotopic (exact) mass is 416 g/mol. The summed E-state index contributed by atoms with van der Waals surface area (Å²) >= 11 is 1.51. The minimum absolute atomic E-state index is 0.252. The highest BCUT2D eigenvalue weighted by Crippen LogP contribution is 2.27. The number of hydrogen-bond acceptors (Lipinski definition) is 8. The maximum absolute atomic E-state index is 12.5. The minimum atomic E-state index is -1.68. The van der Waals surface area contributed by atoms with Gasteiger partial charge in [-0.05, 0) is 27.0 Å². The molecule has 0 aromatic carbocycles. The molecule has 0 aromatic rings. The van der Waals surface area contributed by atoms with E-state index >= 15 is 0 Å². The molecule has 160 valence electrons. The van der Waals surface area contributed by atoms with Crippen molar-refractivity contribution in [2.75, 3.05) is 12.0 Å². The van der Waals surface area contributed by atoms with Crippen LogP contribution in [0.15, 0.2) is 11.6 Å². The molecule has 2 unspecified atom stereocenters. The molecule has 0 amide bonds. The number of thioether (sulfide) groups is 1. The Morgan fingerprint density at radius 3 is 2.11 bits per heavy atom. The SMILES string of the molecule is C/C=C(\C)C(=O)OC(C)(C=O)CC(=O)OC(CC)(CC)OC(=O)C(C)CSC. The molecule has 2 atom stereocenters. The third-order valence-corrected chi connectivity index (χ3v) is 5.14. The van der Waals surface area contributed by atoms with Gasteiger partial charge in [-0.3, -0.25) is 14.4 Å². The lowest BCUT2D eigenvalue weighted by atomic mass is 10.0. The highest BCUT2D eigenvalue weighted by Gasteiger charge is 2.40. The van der Waals surface area contributed by atoms with Crippen LogP contribution in [-0.2, 0) is 33.4 Å². The first kappa shape index (κ1) is 26.2. The van der Waals surface area contributed by atoms with Gasteiger partial charge in [-0.15, -0.1) is 0 Å². The van der Waals surface area contributed by atoms with Crippen LogP contribution in [0.3, 0.4) is 0 Å². The van der Waals surface area contributed by atoms with Crippen LogP contribution >= 0.6 is 11.8 Å². The lowest BCUT2D eigenvalue weighted by molar-refractivity contribution is -0.235. The largest absolute Gasteiger partial charge is 0.448 e. The Morgan fingerprint density at radius 1 is 1.11 bits per heavy atom. The van der Waals surface area contributed by atoms with Crippen LogP contribution in [0.4, 0.5) is 0 Å². The van der Waals surface area contributed by atoms with Gasteiger partial charge in [-0.1, -0.05) is 26.8 Å². The fourth-order valence-corrected chi connectivity index (χ4v) is 2.84. The number of aldehydes is 1. The average molecular weight is 417 g/mol. The van der Waals surface area contributed by atoms with Crippen LogP contribution in [0.1, 0.15) is 60.8 Å². The number of hydrogen-bond donors (Lipinski definition) is 0. The smallest absolute Gasteiger partial charge is 0.334 e. The van der Waals surface area contributed by atoms with Crippen molar-refractivity contribution in [1.29, 1.82) is 0 Å². The molecule has 0 radical (unpaired) electrons. The lowest BCUT2D eigenvalue weighted by Crippen LogP contribution is -2.43. The average Bonchev–Trinajstić information content (AvgIpc) is 2.66. The first-order valence-corrected chi connectivity index (χ1v) is 10.7. The minimum Gasteiger partial charge on any atom is -0.448 e. The molecule has 28 heavy (non-hydrogen) atoms. The number of allylic oxidation sites excluding steroid dienone is 1. The standard InChI is InChI=1S/C20H32O7S/c1-8-14(4)17(23)26-19(6,13-21)11-16(22)25-20(9-2,10-3)27-18(24)15(5)12-28-7/h8,13,15H,9-12H2,1-7H3/b14-8+. The second-order valence-electron chi connectivity index (χ2n) is 6.84. The summed E-state index contributed by atoms with van der Waals surface area (Å²) in [5, 5.41) is 0. The number of rotatable bonds is 12. The van der Waals surface area contributed by atoms with Crippen molar-refractivity contribution in [2.24, 2.45) is 5.92 Å². The number of carbonyl (C=O) groups is 4. The second kappa shape index (κ2) is 11.9. The summed E-state index contributed by atoms with van der Waals surface area (Å²) in [5.41, 5.74) is -1.36.